The summed E-state index contributed by atoms with van der Waals surface area (Å²) in [4.78, 5) is 30.9. The van der Waals surface area contributed by atoms with Gasteiger partial charge in [0.1, 0.15) is 5.60 Å². The minimum absolute atomic E-state index is 0.340. The molecule has 4 rings (SSSR count). The third-order valence-electron chi connectivity index (χ3n) is 4.74. The van der Waals surface area contributed by atoms with Crippen molar-refractivity contribution in [2.45, 2.75) is 32.8 Å². The Morgan fingerprint density at radius 3 is 2.67 bits per heavy atom. The molecule has 2 N–H and O–H groups in total. The van der Waals surface area contributed by atoms with Gasteiger partial charge in [-0.1, -0.05) is 18.2 Å². The van der Waals surface area contributed by atoms with Crippen LogP contribution in [0.15, 0.2) is 54.7 Å². The number of nitrogens with zero attached hydrogens (tertiary/aromatic N) is 2. The number of anilines is 3. The minimum atomic E-state index is -0.545. The number of nitrogens with one attached hydrogen (secondary N) is 2. The summed E-state index contributed by atoms with van der Waals surface area (Å²) in [5.41, 5.74) is 3.43. The van der Waals surface area contributed by atoms with Crippen molar-refractivity contribution >= 4 is 40.1 Å². The van der Waals surface area contributed by atoms with Crippen LogP contribution >= 0.6 is 0 Å². The second kappa shape index (κ2) is 7.67. The van der Waals surface area contributed by atoms with Crippen molar-refractivity contribution in [3.8, 4) is 0 Å². The van der Waals surface area contributed by atoms with E-state index in [9.17, 15) is 9.59 Å². The highest BCUT2D eigenvalue weighted by atomic mass is 16.6. The molecule has 30 heavy (non-hydrogen) atoms. The Labute approximate surface area is 175 Å². The van der Waals surface area contributed by atoms with Crippen molar-refractivity contribution in [3.63, 3.8) is 0 Å². The molecule has 0 aliphatic carbocycles. The molecule has 7 heteroatoms. The van der Waals surface area contributed by atoms with E-state index in [1.165, 1.54) is 0 Å². The van der Waals surface area contributed by atoms with Gasteiger partial charge >= 0.3 is 12.1 Å². The largest absolute Gasteiger partial charge is 0.443 e. The van der Waals surface area contributed by atoms with Crippen LogP contribution in [0.25, 0.3) is 10.9 Å². The van der Waals surface area contributed by atoms with Crippen LogP contribution in [0.1, 0.15) is 26.3 Å². The second-order valence-corrected chi connectivity index (χ2v) is 8.18. The molecule has 0 atom stereocenters. The molecule has 0 radical (unpaired) electrons. The predicted octanol–water partition coefficient (Wildman–Crippen LogP) is 5.18. The van der Waals surface area contributed by atoms with E-state index in [0.717, 1.165) is 22.2 Å². The molecule has 0 unspecified atom stereocenters. The Balaban J connectivity index is 1.46. The normalized spacial score (nSPS) is 13.1. The molecule has 3 amide bonds. The number of rotatable bonds is 2. The Hall–Kier alpha value is -3.61. The van der Waals surface area contributed by atoms with Gasteiger partial charge in [0.05, 0.1) is 16.9 Å². The van der Waals surface area contributed by atoms with Crippen LogP contribution < -0.4 is 15.5 Å². The van der Waals surface area contributed by atoms with Gasteiger partial charge in [-0.2, -0.15) is 0 Å². The number of para-hydroxylation sites is 1. The van der Waals surface area contributed by atoms with Gasteiger partial charge in [0.2, 0.25) is 0 Å². The number of aromatic nitrogens is 1. The first-order chi connectivity index (χ1) is 14.3. The first kappa shape index (κ1) is 19.7. The van der Waals surface area contributed by atoms with Crippen molar-refractivity contribution in [2.75, 3.05) is 22.1 Å². The monoisotopic (exact) mass is 404 g/mol. The number of carbonyl (C=O) groups excluding carboxylic acids is 2. The second-order valence-electron chi connectivity index (χ2n) is 8.18. The van der Waals surface area contributed by atoms with Crippen LogP contribution in [0.2, 0.25) is 0 Å². The van der Waals surface area contributed by atoms with E-state index in [1.807, 2.05) is 57.2 Å². The van der Waals surface area contributed by atoms with Crippen LogP contribution in [0.4, 0.5) is 26.7 Å². The van der Waals surface area contributed by atoms with Gasteiger partial charge in [-0.15, -0.1) is 0 Å². The number of hydrogen-bond acceptors (Lipinski definition) is 4. The van der Waals surface area contributed by atoms with Crippen LogP contribution in [-0.2, 0) is 11.2 Å². The maximum Gasteiger partial charge on any atom is 0.414 e. The third kappa shape index (κ3) is 4.20. The van der Waals surface area contributed by atoms with E-state index in [0.29, 0.717) is 24.3 Å². The molecule has 1 aliphatic heterocycles. The van der Waals surface area contributed by atoms with E-state index in [1.54, 1.807) is 23.2 Å². The van der Waals surface area contributed by atoms with E-state index in [4.69, 9.17) is 4.74 Å². The quantitative estimate of drug-likeness (QED) is 0.617. The summed E-state index contributed by atoms with van der Waals surface area (Å²) in [7, 11) is 0. The summed E-state index contributed by atoms with van der Waals surface area (Å²) in [5.74, 6) is 0. The SMILES string of the molecule is CC(C)(C)OC(=O)N1CCc2cc(NC(=O)Nc3ccnc4ccccc34)ccc21. The van der Waals surface area contributed by atoms with Crippen molar-refractivity contribution in [1.82, 2.24) is 4.98 Å². The van der Waals surface area contributed by atoms with Gasteiger partial charge in [-0.3, -0.25) is 9.88 Å². The van der Waals surface area contributed by atoms with E-state index in [-0.39, 0.29) is 12.1 Å². The lowest BCUT2D eigenvalue weighted by Crippen LogP contribution is -2.35. The zero-order chi connectivity index (χ0) is 21.3. The minimum Gasteiger partial charge on any atom is -0.443 e. The Morgan fingerprint density at radius 1 is 1.07 bits per heavy atom. The Bertz CT molecular complexity index is 1120. The maximum atomic E-state index is 12.5. The van der Waals surface area contributed by atoms with Gasteiger partial charge in [-0.05, 0) is 63.1 Å². The van der Waals surface area contributed by atoms with Crippen LogP contribution in [0, 0.1) is 0 Å². The fraction of sp³-hybridized carbons (Fsp3) is 0.261. The first-order valence-electron chi connectivity index (χ1n) is 9.85. The molecule has 0 saturated carbocycles. The summed E-state index contributed by atoms with van der Waals surface area (Å²) in [6.07, 6.45) is 2.02. The Morgan fingerprint density at radius 2 is 1.87 bits per heavy atom. The topological polar surface area (TPSA) is 83.6 Å². The molecule has 3 aromatic rings. The van der Waals surface area contributed by atoms with Crippen LogP contribution in [-0.4, -0.2) is 29.3 Å². The summed E-state index contributed by atoms with van der Waals surface area (Å²) in [6.45, 7) is 6.10. The summed E-state index contributed by atoms with van der Waals surface area (Å²) in [6, 6.07) is 14.6. The lowest BCUT2D eigenvalue weighted by atomic mass is 10.1. The molecule has 1 aliphatic rings. The van der Waals surface area contributed by atoms with Crippen molar-refractivity contribution in [2.24, 2.45) is 0 Å². The average molecular weight is 404 g/mol. The molecule has 7 nitrogen and oxygen atoms in total. The molecule has 2 heterocycles. The fourth-order valence-electron chi connectivity index (χ4n) is 3.48. The number of hydrogen-bond donors (Lipinski definition) is 2. The highest BCUT2D eigenvalue weighted by Crippen LogP contribution is 2.32. The lowest BCUT2D eigenvalue weighted by Gasteiger charge is -2.24. The molecular weight excluding hydrogens is 380 g/mol. The van der Waals surface area contributed by atoms with E-state index in [2.05, 4.69) is 15.6 Å². The number of pyridine rings is 1. The number of urea groups is 1. The third-order valence-corrected chi connectivity index (χ3v) is 4.74. The maximum absolute atomic E-state index is 12.5. The van der Waals surface area contributed by atoms with Gasteiger partial charge in [-0.25, -0.2) is 9.59 Å². The number of amides is 3. The molecule has 0 fully saturated rings. The zero-order valence-electron chi connectivity index (χ0n) is 17.2. The average Bonchev–Trinajstić information content (AvgIpc) is 3.10. The Kier molecular flexibility index (Phi) is 5.03. The van der Waals surface area contributed by atoms with Crippen molar-refractivity contribution < 1.29 is 14.3 Å². The molecule has 0 saturated heterocycles. The number of ether oxygens (including phenoxy) is 1. The molecule has 2 aromatic carbocycles. The molecular formula is C23H24N4O3. The highest BCUT2D eigenvalue weighted by Gasteiger charge is 2.29. The first-order valence-corrected chi connectivity index (χ1v) is 9.85. The lowest BCUT2D eigenvalue weighted by molar-refractivity contribution is 0.0584. The standard InChI is InChI=1S/C23H24N4O3/c1-23(2,3)30-22(29)27-13-11-15-14-16(8-9-20(15)27)25-21(28)26-19-10-12-24-18-7-5-4-6-17(18)19/h4-10,12,14H,11,13H2,1-3H3,(H2,24,25,26,28). The van der Waals surface area contributed by atoms with Crippen LogP contribution in [0.5, 0.6) is 0 Å². The summed E-state index contributed by atoms with van der Waals surface area (Å²) >= 11 is 0. The number of benzene rings is 2. The van der Waals surface area contributed by atoms with Crippen LogP contribution in [0.3, 0.4) is 0 Å². The molecule has 1 aromatic heterocycles. The predicted molar refractivity (Wildman–Crippen MR) is 118 cm³/mol. The number of fused-ring (bicyclic) bond motifs is 2. The number of carbonyl (C=O) groups is 2. The van der Waals surface area contributed by atoms with Crippen molar-refractivity contribution in [1.29, 1.82) is 0 Å². The molecule has 0 bridgehead atoms. The van der Waals surface area contributed by atoms with Crippen molar-refractivity contribution in [3.05, 3.63) is 60.3 Å². The van der Waals surface area contributed by atoms with Gasteiger partial charge in [0.25, 0.3) is 0 Å². The summed E-state index contributed by atoms with van der Waals surface area (Å²) < 4.78 is 5.48. The smallest absolute Gasteiger partial charge is 0.414 e. The van der Waals surface area contributed by atoms with E-state index >= 15 is 0 Å². The van der Waals surface area contributed by atoms with Gasteiger partial charge < -0.3 is 15.4 Å². The van der Waals surface area contributed by atoms with Gasteiger partial charge in [0.15, 0.2) is 0 Å². The van der Waals surface area contributed by atoms with E-state index < -0.39 is 5.60 Å². The molecule has 0 spiro atoms. The highest BCUT2D eigenvalue weighted by molar-refractivity contribution is 6.05. The summed E-state index contributed by atoms with van der Waals surface area (Å²) in [5, 5.41) is 6.61. The molecule has 154 valence electrons. The fourth-order valence-corrected chi connectivity index (χ4v) is 3.48. The van der Waals surface area contributed by atoms with Gasteiger partial charge in [0, 0.05) is 23.8 Å². The zero-order valence-corrected chi connectivity index (χ0v) is 17.2.